The average molecular weight is 385 g/mol. The van der Waals surface area contributed by atoms with E-state index in [9.17, 15) is 23.2 Å². The fourth-order valence-corrected chi connectivity index (χ4v) is 2.49. The molecule has 1 fully saturated rings. The van der Waals surface area contributed by atoms with Crippen molar-refractivity contribution in [1.29, 1.82) is 0 Å². The predicted octanol–water partition coefficient (Wildman–Crippen LogP) is 0.182. The lowest BCUT2D eigenvalue weighted by Gasteiger charge is -2.27. The topological polar surface area (TPSA) is 126 Å². The highest BCUT2D eigenvalue weighted by molar-refractivity contribution is 5.99. The van der Waals surface area contributed by atoms with Gasteiger partial charge < -0.3 is 31.3 Å². The molecule has 4 amide bonds. The number of ether oxygens (including phenoxy) is 1. The lowest BCUT2D eigenvalue weighted by Crippen LogP contribution is -2.51. The zero-order chi connectivity index (χ0) is 20.0. The summed E-state index contributed by atoms with van der Waals surface area (Å²) in [6.07, 6.45) is -2.89. The Hall–Kier alpha value is -2.79. The molecule has 0 aromatic heterocycles. The van der Waals surface area contributed by atoms with Crippen LogP contribution < -0.4 is 26.6 Å². The first-order chi connectivity index (χ1) is 12.9. The van der Waals surface area contributed by atoms with Gasteiger partial charge in [0, 0.05) is 37.1 Å². The first-order valence-electron chi connectivity index (χ1n) is 8.16. The Balaban J connectivity index is 2.22. The van der Waals surface area contributed by atoms with Gasteiger partial charge >= 0.3 is 6.03 Å². The molecular formula is C16H21F2N5O4. The van der Waals surface area contributed by atoms with E-state index in [1.807, 2.05) is 0 Å². The fraction of sp³-hybridized carbons (Fsp3) is 0.438. The number of nitrogens with zero attached hydrogens (tertiary/aromatic N) is 1. The van der Waals surface area contributed by atoms with Crippen LogP contribution in [-0.4, -0.2) is 57.2 Å². The summed E-state index contributed by atoms with van der Waals surface area (Å²) in [5.74, 6) is -1.07. The summed E-state index contributed by atoms with van der Waals surface area (Å²) in [7, 11) is 1.36. The first-order valence-corrected chi connectivity index (χ1v) is 8.16. The molecule has 9 nitrogen and oxygen atoms in total. The molecule has 148 valence electrons. The smallest absolute Gasteiger partial charge is 0.315 e. The van der Waals surface area contributed by atoms with E-state index in [1.165, 1.54) is 24.1 Å². The summed E-state index contributed by atoms with van der Waals surface area (Å²) < 4.78 is 32.0. The summed E-state index contributed by atoms with van der Waals surface area (Å²) in [6, 6.07) is 2.15. The van der Waals surface area contributed by atoms with Gasteiger partial charge in [0.1, 0.15) is 12.6 Å². The molecule has 11 heteroatoms. The molecule has 0 bridgehead atoms. The van der Waals surface area contributed by atoms with Crippen LogP contribution in [0.15, 0.2) is 18.2 Å². The number of morpholine rings is 1. The minimum atomic E-state index is -2.89. The zero-order valence-corrected chi connectivity index (χ0v) is 14.6. The van der Waals surface area contributed by atoms with Crippen molar-refractivity contribution in [2.75, 3.05) is 43.6 Å². The summed E-state index contributed by atoms with van der Waals surface area (Å²) in [4.78, 5) is 36.8. The van der Waals surface area contributed by atoms with Crippen molar-refractivity contribution in [2.24, 2.45) is 5.73 Å². The highest BCUT2D eigenvalue weighted by atomic mass is 19.3. The lowest BCUT2D eigenvalue weighted by atomic mass is 10.1. The average Bonchev–Trinajstić information content (AvgIpc) is 2.66. The monoisotopic (exact) mass is 385 g/mol. The number of alkyl halides is 2. The molecule has 5 N–H and O–H groups in total. The zero-order valence-electron chi connectivity index (χ0n) is 14.6. The third-order valence-corrected chi connectivity index (χ3v) is 3.91. The molecule has 1 aliphatic rings. The van der Waals surface area contributed by atoms with Crippen molar-refractivity contribution in [3.05, 3.63) is 23.8 Å². The van der Waals surface area contributed by atoms with Gasteiger partial charge in [-0.05, 0) is 18.2 Å². The van der Waals surface area contributed by atoms with Gasteiger partial charge in [0.2, 0.25) is 5.91 Å². The summed E-state index contributed by atoms with van der Waals surface area (Å²) in [5.41, 5.74) is 5.17. The third kappa shape index (κ3) is 5.11. The standard InChI is InChI=1S/C16H21F2N5O4/c1-20-16(26)22-12(7-19)15(25)21-11-3-2-9(6-10(11)14(17)18)23-4-5-27-8-13(23)24/h2-3,6,12,14H,4-5,7-8,19H2,1H3,(H,21,25)(H2,20,22,26)/t12-/m0/s1. The summed E-state index contributed by atoms with van der Waals surface area (Å²) >= 11 is 0. The number of rotatable bonds is 6. The van der Waals surface area contributed by atoms with Crippen molar-refractivity contribution >= 4 is 29.2 Å². The van der Waals surface area contributed by atoms with E-state index in [0.29, 0.717) is 6.61 Å². The van der Waals surface area contributed by atoms with Crippen LogP contribution in [-0.2, 0) is 14.3 Å². The number of urea groups is 1. The molecule has 0 spiro atoms. The molecule has 1 aromatic rings. The number of anilines is 2. The normalized spacial score (nSPS) is 15.4. The van der Waals surface area contributed by atoms with Crippen LogP contribution in [0.1, 0.15) is 12.0 Å². The Morgan fingerprint density at radius 3 is 2.70 bits per heavy atom. The molecule has 27 heavy (non-hydrogen) atoms. The second-order valence-electron chi connectivity index (χ2n) is 5.67. The molecule has 2 rings (SSSR count). The number of carbonyl (C=O) groups excluding carboxylic acids is 3. The number of amides is 4. The van der Waals surface area contributed by atoms with E-state index in [1.54, 1.807) is 0 Å². The van der Waals surface area contributed by atoms with Gasteiger partial charge in [-0.15, -0.1) is 0 Å². The second-order valence-corrected chi connectivity index (χ2v) is 5.67. The Labute approximate surface area is 154 Å². The summed E-state index contributed by atoms with van der Waals surface area (Å²) in [5, 5.41) is 6.93. The van der Waals surface area contributed by atoms with Crippen LogP contribution in [0.2, 0.25) is 0 Å². The van der Waals surface area contributed by atoms with Gasteiger partial charge in [0.15, 0.2) is 0 Å². The molecule has 1 heterocycles. The van der Waals surface area contributed by atoms with Gasteiger partial charge in [-0.2, -0.15) is 0 Å². The van der Waals surface area contributed by atoms with Crippen LogP contribution in [0.5, 0.6) is 0 Å². The SMILES string of the molecule is CNC(=O)N[C@@H](CN)C(=O)Nc1ccc(N2CCOCC2=O)cc1C(F)F. The second kappa shape index (κ2) is 9.24. The summed E-state index contributed by atoms with van der Waals surface area (Å²) in [6.45, 7) is 0.214. The predicted molar refractivity (Wildman–Crippen MR) is 93.6 cm³/mol. The van der Waals surface area contributed by atoms with E-state index < -0.39 is 30.0 Å². The Morgan fingerprint density at radius 2 is 2.11 bits per heavy atom. The van der Waals surface area contributed by atoms with Gasteiger partial charge in [0.25, 0.3) is 12.3 Å². The van der Waals surface area contributed by atoms with Crippen molar-refractivity contribution < 1.29 is 27.9 Å². The molecule has 0 saturated carbocycles. The third-order valence-electron chi connectivity index (χ3n) is 3.91. The molecule has 1 saturated heterocycles. The Kier molecular flexibility index (Phi) is 7.02. The van der Waals surface area contributed by atoms with E-state index >= 15 is 0 Å². The molecule has 0 radical (unpaired) electrons. The van der Waals surface area contributed by atoms with Crippen LogP contribution in [0.4, 0.5) is 25.0 Å². The van der Waals surface area contributed by atoms with E-state index in [-0.39, 0.29) is 37.0 Å². The maximum absolute atomic E-state index is 13.5. The van der Waals surface area contributed by atoms with Crippen LogP contribution >= 0.6 is 0 Å². The number of hydrogen-bond donors (Lipinski definition) is 4. The first kappa shape index (κ1) is 20.5. The fourth-order valence-electron chi connectivity index (χ4n) is 2.49. The molecule has 1 aromatic carbocycles. The van der Waals surface area contributed by atoms with Crippen molar-refractivity contribution in [3.8, 4) is 0 Å². The van der Waals surface area contributed by atoms with Gasteiger partial charge in [-0.25, -0.2) is 13.6 Å². The number of carbonyl (C=O) groups is 3. The van der Waals surface area contributed by atoms with E-state index in [2.05, 4.69) is 16.0 Å². The lowest BCUT2D eigenvalue weighted by molar-refractivity contribution is -0.125. The maximum atomic E-state index is 13.5. The highest BCUT2D eigenvalue weighted by Crippen LogP contribution is 2.31. The molecule has 1 aliphatic heterocycles. The number of benzene rings is 1. The molecular weight excluding hydrogens is 364 g/mol. The van der Waals surface area contributed by atoms with Gasteiger partial charge in [0.05, 0.1) is 6.61 Å². The van der Waals surface area contributed by atoms with E-state index in [0.717, 1.165) is 6.07 Å². The molecule has 1 atom stereocenters. The van der Waals surface area contributed by atoms with E-state index in [4.69, 9.17) is 10.5 Å². The van der Waals surface area contributed by atoms with Crippen molar-refractivity contribution in [2.45, 2.75) is 12.5 Å². The van der Waals surface area contributed by atoms with Crippen LogP contribution in [0.3, 0.4) is 0 Å². The quantitative estimate of drug-likeness (QED) is 0.556. The Morgan fingerprint density at radius 1 is 1.37 bits per heavy atom. The Bertz CT molecular complexity index is 716. The van der Waals surface area contributed by atoms with Gasteiger partial charge in [-0.3, -0.25) is 9.59 Å². The molecule has 0 aliphatic carbocycles. The number of nitrogens with one attached hydrogen (secondary N) is 3. The minimum absolute atomic E-state index is 0.119. The van der Waals surface area contributed by atoms with Crippen LogP contribution in [0, 0.1) is 0 Å². The largest absolute Gasteiger partial charge is 0.370 e. The minimum Gasteiger partial charge on any atom is -0.370 e. The number of hydrogen-bond acceptors (Lipinski definition) is 5. The maximum Gasteiger partial charge on any atom is 0.315 e. The number of nitrogens with two attached hydrogens (primary N) is 1. The number of halogens is 2. The highest BCUT2D eigenvalue weighted by Gasteiger charge is 2.25. The van der Waals surface area contributed by atoms with Crippen molar-refractivity contribution in [1.82, 2.24) is 10.6 Å². The van der Waals surface area contributed by atoms with Gasteiger partial charge in [-0.1, -0.05) is 0 Å². The van der Waals surface area contributed by atoms with Crippen molar-refractivity contribution in [3.63, 3.8) is 0 Å². The van der Waals surface area contributed by atoms with Crippen LogP contribution in [0.25, 0.3) is 0 Å². The molecule has 0 unspecified atom stereocenters.